The van der Waals surface area contributed by atoms with Crippen molar-refractivity contribution in [3.05, 3.63) is 47.4 Å². The van der Waals surface area contributed by atoms with E-state index in [1.165, 1.54) is 11.1 Å². The predicted molar refractivity (Wildman–Crippen MR) is 68.6 cm³/mol. The number of rotatable bonds is 1. The molecule has 1 aromatic heterocycles. The summed E-state index contributed by atoms with van der Waals surface area (Å²) >= 11 is 0. The van der Waals surface area contributed by atoms with Crippen molar-refractivity contribution in [3.8, 4) is 6.07 Å². The number of anilines is 2. The maximum absolute atomic E-state index is 9.10. The van der Waals surface area contributed by atoms with Crippen LogP contribution in [0.5, 0.6) is 0 Å². The highest BCUT2D eigenvalue weighted by molar-refractivity contribution is 5.71. The van der Waals surface area contributed by atoms with Crippen LogP contribution in [-0.2, 0) is 6.42 Å². The Morgan fingerprint density at radius 3 is 2.94 bits per heavy atom. The van der Waals surface area contributed by atoms with E-state index in [2.05, 4.69) is 40.0 Å². The van der Waals surface area contributed by atoms with Crippen LogP contribution in [0.3, 0.4) is 0 Å². The Bertz CT molecular complexity index is 642. The van der Waals surface area contributed by atoms with Crippen LogP contribution >= 0.6 is 0 Å². The molecule has 4 heteroatoms. The summed E-state index contributed by atoms with van der Waals surface area (Å²) in [7, 11) is 0. The van der Waals surface area contributed by atoms with E-state index in [0.29, 0.717) is 11.5 Å². The third kappa shape index (κ3) is 1.52. The number of benzene rings is 1. The second-order valence-corrected chi connectivity index (χ2v) is 4.31. The SMILES string of the molecule is Cc1cccc2c1CCN2c1nccnc1C#N. The van der Waals surface area contributed by atoms with Crippen molar-refractivity contribution in [3.63, 3.8) is 0 Å². The van der Waals surface area contributed by atoms with Crippen molar-refractivity contribution >= 4 is 11.5 Å². The molecule has 2 aromatic rings. The van der Waals surface area contributed by atoms with Crippen LogP contribution in [0.1, 0.15) is 16.8 Å². The number of hydrogen-bond acceptors (Lipinski definition) is 4. The summed E-state index contributed by atoms with van der Waals surface area (Å²) in [5.41, 5.74) is 4.16. The number of fused-ring (bicyclic) bond motifs is 1. The minimum absolute atomic E-state index is 0.381. The Labute approximate surface area is 106 Å². The summed E-state index contributed by atoms with van der Waals surface area (Å²) in [6, 6.07) is 8.33. The van der Waals surface area contributed by atoms with Crippen molar-refractivity contribution in [2.45, 2.75) is 13.3 Å². The highest BCUT2D eigenvalue weighted by Crippen LogP contribution is 2.35. The lowest BCUT2D eigenvalue weighted by Gasteiger charge is -2.18. The molecule has 1 aromatic carbocycles. The first kappa shape index (κ1) is 10.7. The average molecular weight is 236 g/mol. The highest BCUT2D eigenvalue weighted by atomic mass is 15.2. The summed E-state index contributed by atoms with van der Waals surface area (Å²) in [6.07, 6.45) is 4.17. The zero-order chi connectivity index (χ0) is 12.5. The maximum Gasteiger partial charge on any atom is 0.183 e. The zero-order valence-electron chi connectivity index (χ0n) is 10.1. The van der Waals surface area contributed by atoms with Crippen LogP contribution < -0.4 is 4.90 Å². The molecule has 1 aliphatic heterocycles. The standard InChI is InChI=1S/C14H12N4/c1-10-3-2-4-13-11(10)5-8-18(13)14-12(9-15)16-6-7-17-14/h2-4,6-7H,5,8H2,1H3. The first-order valence-corrected chi connectivity index (χ1v) is 5.88. The Kier molecular flexibility index (Phi) is 2.45. The molecular formula is C14H12N4. The number of nitrogens with zero attached hydrogens (tertiary/aromatic N) is 4. The van der Waals surface area contributed by atoms with Crippen LogP contribution in [0.4, 0.5) is 11.5 Å². The molecule has 0 N–H and O–H groups in total. The summed E-state index contributed by atoms with van der Waals surface area (Å²) in [5.74, 6) is 0.657. The third-order valence-electron chi connectivity index (χ3n) is 3.30. The van der Waals surface area contributed by atoms with E-state index >= 15 is 0 Å². The maximum atomic E-state index is 9.10. The molecule has 0 saturated carbocycles. The fourth-order valence-corrected chi connectivity index (χ4v) is 2.44. The van der Waals surface area contributed by atoms with Crippen molar-refractivity contribution < 1.29 is 0 Å². The Morgan fingerprint density at radius 2 is 2.11 bits per heavy atom. The molecule has 3 rings (SSSR count). The zero-order valence-corrected chi connectivity index (χ0v) is 10.1. The lowest BCUT2D eigenvalue weighted by Crippen LogP contribution is -2.16. The van der Waals surface area contributed by atoms with E-state index in [1.54, 1.807) is 12.4 Å². The van der Waals surface area contributed by atoms with Crippen LogP contribution in [0.15, 0.2) is 30.6 Å². The second kappa shape index (κ2) is 4.11. The van der Waals surface area contributed by atoms with Gasteiger partial charge in [0.2, 0.25) is 0 Å². The van der Waals surface area contributed by atoms with Gasteiger partial charge in [-0.25, -0.2) is 9.97 Å². The van der Waals surface area contributed by atoms with Gasteiger partial charge in [-0.3, -0.25) is 0 Å². The van der Waals surface area contributed by atoms with E-state index in [4.69, 9.17) is 5.26 Å². The van der Waals surface area contributed by atoms with E-state index in [-0.39, 0.29) is 0 Å². The average Bonchev–Trinajstić information content (AvgIpc) is 2.84. The normalized spacial score (nSPS) is 13.2. The number of hydrogen-bond donors (Lipinski definition) is 0. The molecule has 0 atom stereocenters. The summed E-state index contributed by atoms with van der Waals surface area (Å²) < 4.78 is 0. The molecule has 0 unspecified atom stereocenters. The van der Waals surface area contributed by atoms with Gasteiger partial charge >= 0.3 is 0 Å². The molecule has 0 bridgehead atoms. The fourth-order valence-electron chi connectivity index (χ4n) is 2.44. The van der Waals surface area contributed by atoms with E-state index < -0.39 is 0 Å². The molecule has 88 valence electrons. The first-order chi connectivity index (χ1) is 8.81. The van der Waals surface area contributed by atoms with Crippen LogP contribution in [0.2, 0.25) is 0 Å². The minimum atomic E-state index is 0.381. The molecule has 0 radical (unpaired) electrons. The number of aryl methyl sites for hydroxylation is 1. The van der Waals surface area contributed by atoms with E-state index in [1.807, 2.05) is 6.07 Å². The molecule has 0 spiro atoms. The summed E-state index contributed by atoms with van der Waals surface area (Å²) in [5, 5.41) is 9.10. The van der Waals surface area contributed by atoms with Gasteiger partial charge in [-0.1, -0.05) is 12.1 Å². The van der Waals surface area contributed by atoms with Crippen LogP contribution in [0.25, 0.3) is 0 Å². The van der Waals surface area contributed by atoms with Crippen molar-refractivity contribution in [1.82, 2.24) is 9.97 Å². The molecule has 4 nitrogen and oxygen atoms in total. The smallest absolute Gasteiger partial charge is 0.183 e. The number of aromatic nitrogens is 2. The molecule has 0 amide bonds. The van der Waals surface area contributed by atoms with Gasteiger partial charge in [0, 0.05) is 24.6 Å². The monoisotopic (exact) mass is 236 g/mol. The summed E-state index contributed by atoms with van der Waals surface area (Å²) in [6.45, 7) is 2.97. The molecule has 0 aliphatic carbocycles. The Balaban J connectivity index is 2.13. The van der Waals surface area contributed by atoms with Crippen molar-refractivity contribution in [2.75, 3.05) is 11.4 Å². The van der Waals surface area contributed by atoms with Gasteiger partial charge in [0.25, 0.3) is 0 Å². The second-order valence-electron chi connectivity index (χ2n) is 4.31. The van der Waals surface area contributed by atoms with Gasteiger partial charge in [0.05, 0.1) is 0 Å². The first-order valence-electron chi connectivity index (χ1n) is 5.88. The topological polar surface area (TPSA) is 52.8 Å². The summed E-state index contributed by atoms with van der Waals surface area (Å²) in [4.78, 5) is 10.5. The predicted octanol–water partition coefficient (Wildman–Crippen LogP) is 2.35. The molecule has 18 heavy (non-hydrogen) atoms. The quantitative estimate of drug-likeness (QED) is 0.762. The van der Waals surface area contributed by atoms with Gasteiger partial charge < -0.3 is 4.90 Å². The van der Waals surface area contributed by atoms with Gasteiger partial charge in [0.1, 0.15) is 6.07 Å². The van der Waals surface area contributed by atoms with E-state index in [9.17, 15) is 0 Å². The third-order valence-corrected chi connectivity index (χ3v) is 3.30. The lowest BCUT2D eigenvalue weighted by atomic mass is 10.1. The lowest BCUT2D eigenvalue weighted by molar-refractivity contribution is 0.956. The van der Waals surface area contributed by atoms with Crippen molar-refractivity contribution in [2.24, 2.45) is 0 Å². The van der Waals surface area contributed by atoms with Gasteiger partial charge in [0.15, 0.2) is 11.5 Å². The Morgan fingerprint density at radius 1 is 1.28 bits per heavy atom. The molecule has 1 aliphatic rings. The van der Waals surface area contributed by atoms with Crippen LogP contribution in [-0.4, -0.2) is 16.5 Å². The van der Waals surface area contributed by atoms with Crippen LogP contribution in [0, 0.1) is 18.3 Å². The molecule has 0 fully saturated rings. The fraction of sp³-hybridized carbons (Fsp3) is 0.214. The van der Waals surface area contributed by atoms with Gasteiger partial charge in [-0.2, -0.15) is 5.26 Å². The molecule has 0 saturated heterocycles. The Hall–Kier alpha value is -2.41. The molecule has 2 heterocycles. The van der Waals surface area contributed by atoms with E-state index in [0.717, 1.165) is 18.7 Å². The minimum Gasteiger partial charge on any atom is -0.323 e. The largest absolute Gasteiger partial charge is 0.323 e. The highest BCUT2D eigenvalue weighted by Gasteiger charge is 2.24. The van der Waals surface area contributed by atoms with Crippen molar-refractivity contribution in [1.29, 1.82) is 5.26 Å². The number of nitriles is 1. The van der Waals surface area contributed by atoms with Gasteiger partial charge in [-0.15, -0.1) is 0 Å². The molecular weight excluding hydrogens is 224 g/mol. The van der Waals surface area contributed by atoms with Gasteiger partial charge in [-0.05, 0) is 30.5 Å².